The average Bonchev–Trinajstić information content (AvgIpc) is 3.60. The van der Waals surface area contributed by atoms with Gasteiger partial charge in [0.2, 0.25) is 0 Å². The van der Waals surface area contributed by atoms with Gasteiger partial charge in [-0.25, -0.2) is 0 Å². The quantitative estimate of drug-likeness (QED) is 0.0548. The van der Waals surface area contributed by atoms with Crippen molar-refractivity contribution in [1.29, 1.82) is 0 Å². The van der Waals surface area contributed by atoms with E-state index in [1.807, 2.05) is 0 Å². The molecule has 0 aromatic rings. The van der Waals surface area contributed by atoms with Crippen LogP contribution in [-0.4, -0.2) is 195 Å². The number of ether oxygens (including phenoxy) is 13. The van der Waals surface area contributed by atoms with E-state index in [1.165, 1.54) is 95.6 Å². The standard InChI is InChI=1S/C46H87NO15/c1-2-3-4-5-6-7-8-9-10-11-12-13-14-15-19-50-21-23-52-25-27-54-29-31-56-33-35-58-37-39-60-41-43-62-44-42-61-40-38-59-36-34-57-32-30-55-28-26-53-24-22-51-20-18-47-45(48)16-17-46(47)49/h16-17H,2-15,18-44H2,1H3. The molecule has 0 aromatic heterocycles. The van der Waals surface area contributed by atoms with Crippen LogP contribution in [0, 0.1) is 0 Å². The van der Waals surface area contributed by atoms with Gasteiger partial charge in [0, 0.05) is 18.8 Å². The Morgan fingerprint density at radius 3 is 0.710 bits per heavy atom. The Morgan fingerprint density at radius 2 is 0.468 bits per heavy atom. The van der Waals surface area contributed by atoms with E-state index < -0.39 is 0 Å². The minimum Gasteiger partial charge on any atom is -0.379 e. The number of hydrogen-bond donors (Lipinski definition) is 0. The summed E-state index contributed by atoms with van der Waals surface area (Å²) in [6, 6.07) is 0. The predicted octanol–water partition coefficient (Wildman–Crippen LogP) is 5.61. The van der Waals surface area contributed by atoms with Crippen LogP contribution in [0.15, 0.2) is 12.2 Å². The molecule has 0 saturated heterocycles. The predicted molar refractivity (Wildman–Crippen MR) is 237 cm³/mol. The number of amides is 2. The van der Waals surface area contributed by atoms with Gasteiger partial charge in [0.05, 0.1) is 172 Å². The third-order valence-corrected chi connectivity index (χ3v) is 9.47. The molecule has 1 heterocycles. The number of unbranched alkanes of at least 4 members (excludes halogenated alkanes) is 13. The molecule has 0 bridgehead atoms. The van der Waals surface area contributed by atoms with Gasteiger partial charge in [0.15, 0.2) is 0 Å². The van der Waals surface area contributed by atoms with Gasteiger partial charge >= 0.3 is 0 Å². The molecule has 0 radical (unpaired) electrons. The topological polar surface area (TPSA) is 157 Å². The van der Waals surface area contributed by atoms with Gasteiger partial charge in [-0.15, -0.1) is 0 Å². The molecule has 2 amide bonds. The van der Waals surface area contributed by atoms with Gasteiger partial charge in [-0.3, -0.25) is 14.5 Å². The van der Waals surface area contributed by atoms with E-state index in [1.54, 1.807) is 0 Å². The van der Waals surface area contributed by atoms with Crippen LogP contribution < -0.4 is 0 Å². The third kappa shape index (κ3) is 43.6. The van der Waals surface area contributed by atoms with E-state index >= 15 is 0 Å². The van der Waals surface area contributed by atoms with Gasteiger partial charge in [0.25, 0.3) is 11.8 Å². The second-order valence-electron chi connectivity index (χ2n) is 14.7. The molecule has 1 aliphatic heterocycles. The highest BCUT2D eigenvalue weighted by atomic mass is 16.6. The molecule has 0 aliphatic carbocycles. The zero-order valence-electron chi connectivity index (χ0n) is 38.7. The molecule has 1 aliphatic rings. The highest BCUT2D eigenvalue weighted by Gasteiger charge is 2.22. The van der Waals surface area contributed by atoms with Crippen LogP contribution in [0.3, 0.4) is 0 Å². The second-order valence-corrected chi connectivity index (χ2v) is 14.7. The molecule has 16 heteroatoms. The summed E-state index contributed by atoms with van der Waals surface area (Å²) in [5.41, 5.74) is 0. The zero-order chi connectivity index (χ0) is 44.3. The highest BCUT2D eigenvalue weighted by molar-refractivity contribution is 6.12. The van der Waals surface area contributed by atoms with Crippen molar-refractivity contribution in [3.8, 4) is 0 Å². The van der Waals surface area contributed by atoms with Crippen LogP contribution in [0.1, 0.15) is 96.8 Å². The Bertz CT molecular complexity index is 945. The van der Waals surface area contributed by atoms with Gasteiger partial charge in [-0.2, -0.15) is 0 Å². The maximum absolute atomic E-state index is 11.4. The average molecular weight is 894 g/mol. The Labute approximate surface area is 374 Å². The van der Waals surface area contributed by atoms with Gasteiger partial charge in [-0.1, -0.05) is 90.4 Å². The van der Waals surface area contributed by atoms with Crippen molar-refractivity contribution in [3.63, 3.8) is 0 Å². The second kappa shape index (κ2) is 50.4. The molecule has 0 spiro atoms. The minimum atomic E-state index is -0.306. The molecule has 0 fully saturated rings. The number of rotatable bonds is 54. The summed E-state index contributed by atoms with van der Waals surface area (Å²) >= 11 is 0. The number of nitrogens with zero attached hydrogens (tertiary/aromatic N) is 1. The Balaban J connectivity index is 1.60. The molecule has 0 aromatic carbocycles. The minimum absolute atomic E-state index is 0.239. The molecule has 0 unspecified atom stereocenters. The maximum Gasteiger partial charge on any atom is 0.253 e. The Kier molecular flexibility index (Phi) is 47.4. The lowest BCUT2D eigenvalue weighted by Crippen LogP contribution is -2.33. The van der Waals surface area contributed by atoms with Crippen LogP contribution >= 0.6 is 0 Å². The van der Waals surface area contributed by atoms with E-state index in [0.29, 0.717) is 159 Å². The Morgan fingerprint density at radius 1 is 0.274 bits per heavy atom. The van der Waals surface area contributed by atoms with Gasteiger partial charge in [0.1, 0.15) is 0 Å². The molecule has 62 heavy (non-hydrogen) atoms. The molecule has 0 atom stereocenters. The number of carbonyl (C=O) groups excluding carboxylic acids is 2. The maximum atomic E-state index is 11.4. The molecular formula is C46H87NO15. The van der Waals surface area contributed by atoms with Crippen LogP contribution in [0.4, 0.5) is 0 Å². The van der Waals surface area contributed by atoms with Crippen molar-refractivity contribution in [2.24, 2.45) is 0 Å². The first-order valence-corrected chi connectivity index (χ1v) is 23.8. The fourth-order valence-corrected chi connectivity index (χ4v) is 5.95. The van der Waals surface area contributed by atoms with E-state index in [0.717, 1.165) is 17.9 Å². The first-order chi connectivity index (χ1) is 30.8. The molecule has 366 valence electrons. The third-order valence-electron chi connectivity index (χ3n) is 9.47. The van der Waals surface area contributed by atoms with Crippen LogP contribution in [0.2, 0.25) is 0 Å². The van der Waals surface area contributed by atoms with Crippen molar-refractivity contribution in [1.82, 2.24) is 4.90 Å². The van der Waals surface area contributed by atoms with Crippen LogP contribution in [0.25, 0.3) is 0 Å². The van der Waals surface area contributed by atoms with Gasteiger partial charge < -0.3 is 61.6 Å². The van der Waals surface area contributed by atoms with Crippen molar-refractivity contribution < 1.29 is 71.2 Å². The van der Waals surface area contributed by atoms with Crippen molar-refractivity contribution >= 4 is 11.8 Å². The van der Waals surface area contributed by atoms with Crippen LogP contribution in [0.5, 0.6) is 0 Å². The zero-order valence-corrected chi connectivity index (χ0v) is 38.7. The lowest BCUT2D eigenvalue weighted by atomic mass is 10.0. The van der Waals surface area contributed by atoms with Crippen LogP contribution in [-0.2, 0) is 71.2 Å². The van der Waals surface area contributed by atoms with E-state index in [-0.39, 0.29) is 25.0 Å². The smallest absolute Gasteiger partial charge is 0.253 e. The fraction of sp³-hybridized carbons (Fsp3) is 0.913. The number of hydrogen-bond acceptors (Lipinski definition) is 15. The SMILES string of the molecule is CCCCCCCCCCCCCCCCOCCOCCOCCOCCOCCOCCOCCOCCOCCOCCOCCOCCOCCN1C(=O)C=CC1=O. The summed E-state index contributed by atoms with van der Waals surface area (Å²) < 4.78 is 71.6. The normalized spacial score (nSPS) is 12.8. The molecule has 1 rings (SSSR count). The molecule has 16 nitrogen and oxygen atoms in total. The molecular weight excluding hydrogens is 806 g/mol. The lowest BCUT2D eigenvalue weighted by molar-refractivity contribution is -0.137. The number of carbonyl (C=O) groups is 2. The summed E-state index contributed by atoms with van der Waals surface area (Å²) in [5, 5.41) is 0. The first-order valence-electron chi connectivity index (χ1n) is 23.8. The Hall–Kier alpha value is -1.64. The summed E-state index contributed by atoms with van der Waals surface area (Å²) in [7, 11) is 0. The van der Waals surface area contributed by atoms with E-state index in [9.17, 15) is 9.59 Å². The molecule has 0 saturated carbocycles. The number of imide groups is 1. The summed E-state index contributed by atoms with van der Waals surface area (Å²) in [5.74, 6) is -0.612. The highest BCUT2D eigenvalue weighted by Crippen LogP contribution is 2.13. The largest absolute Gasteiger partial charge is 0.379 e. The summed E-state index contributed by atoms with van der Waals surface area (Å²) in [4.78, 5) is 24.0. The van der Waals surface area contributed by atoms with Crippen molar-refractivity contribution in [2.45, 2.75) is 96.8 Å². The van der Waals surface area contributed by atoms with E-state index in [4.69, 9.17) is 61.6 Å². The summed E-state index contributed by atoms with van der Waals surface area (Å²) in [6.45, 7) is 15.6. The van der Waals surface area contributed by atoms with E-state index in [2.05, 4.69) is 6.92 Å². The monoisotopic (exact) mass is 894 g/mol. The fourth-order valence-electron chi connectivity index (χ4n) is 5.95. The van der Waals surface area contributed by atoms with Gasteiger partial charge in [-0.05, 0) is 6.42 Å². The van der Waals surface area contributed by atoms with Crippen molar-refractivity contribution in [3.05, 3.63) is 12.2 Å². The lowest BCUT2D eigenvalue weighted by Gasteiger charge is -2.13. The van der Waals surface area contributed by atoms with Crippen molar-refractivity contribution in [2.75, 3.05) is 178 Å². The summed E-state index contributed by atoms with van der Waals surface area (Å²) in [6.07, 6.45) is 21.7. The molecule has 0 N–H and O–H groups in total. The first kappa shape index (κ1) is 58.4.